The molecule has 1 aromatic rings. The van der Waals surface area contributed by atoms with E-state index in [2.05, 4.69) is 12.1 Å². The van der Waals surface area contributed by atoms with Crippen LogP contribution in [0.2, 0.25) is 0 Å². The van der Waals surface area contributed by atoms with Crippen LogP contribution in [0.3, 0.4) is 0 Å². The van der Waals surface area contributed by atoms with Crippen molar-refractivity contribution in [2.75, 3.05) is 0 Å². The maximum atomic E-state index is 5.72. The maximum absolute atomic E-state index is 5.72. The van der Waals surface area contributed by atoms with Crippen molar-refractivity contribution in [1.82, 2.24) is 0 Å². The van der Waals surface area contributed by atoms with E-state index in [0.29, 0.717) is 0 Å². The Kier molecular flexibility index (Phi) is 2.79. The van der Waals surface area contributed by atoms with Crippen LogP contribution in [0, 0.1) is 0 Å². The number of hydrogen-bond acceptors (Lipinski definition) is 0. The first-order valence-corrected chi connectivity index (χ1v) is 9.08. The van der Waals surface area contributed by atoms with Crippen molar-refractivity contribution >= 4 is 33.8 Å². The van der Waals surface area contributed by atoms with E-state index < -0.39 is 22.0 Å². The summed E-state index contributed by atoms with van der Waals surface area (Å²) in [6, 6.07) is 10.3. The van der Waals surface area contributed by atoms with Crippen LogP contribution < -0.4 is 3.27 Å². The molecule has 0 spiro atoms. The van der Waals surface area contributed by atoms with Crippen LogP contribution in [0.5, 0.6) is 0 Å². The SMILES string of the molecule is [Cl][BiH][c]1ccccc1. The van der Waals surface area contributed by atoms with Crippen LogP contribution in [0.4, 0.5) is 0 Å². The Bertz CT molecular complexity index is 150. The zero-order valence-corrected chi connectivity index (χ0v) is 8.91. The van der Waals surface area contributed by atoms with Crippen LogP contribution in [-0.4, -0.2) is 22.0 Å². The number of hydrogen-bond donors (Lipinski definition) is 0. The molecule has 0 N–H and O–H groups in total. The van der Waals surface area contributed by atoms with Crippen molar-refractivity contribution in [3.8, 4) is 0 Å². The quantitative estimate of drug-likeness (QED) is 0.674. The third kappa shape index (κ3) is 1.72. The molecule has 0 saturated carbocycles. The molecule has 1 aromatic carbocycles. The molecular weight excluding hydrogens is 316 g/mol. The van der Waals surface area contributed by atoms with Gasteiger partial charge in [-0.1, -0.05) is 0 Å². The molecular formula is C6H6BiCl. The Morgan fingerprint density at radius 2 is 1.75 bits per heavy atom. The average Bonchev–Trinajstić information content (AvgIpc) is 1.90. The fourth-order valence-electron chi connectivity index (χ4n) is 0.501. The zero-order valence-electron chi connectivity index (χ0n) is 4.26. The van der Waals surface area contributed by atoms with Crippen molar-refractivity contribution in [1.29, 1.82) is 0 Å². The Morgan fingerprint density at radius 1 is 1.12 bits per heavy atom. The van der Waals surface area contributed by atoms with Crippen molar-refractivity contribution < 1.29 is 0 Å². The van der Waals surface area contributed by atoms with E-state index in [4.69, 9.17) is 8.51 Å². The molecule has 8 heavy (non-hydrogen) atoms. The van der Waals surface area contributed by atoms with Crippen molar-refractivity contribution in [2.45, 2.75) is 0 Å². The van der Waals surface area contributed by atoms with Gasteiger partial charge in [0.1, 0.15) is 0 Å². The van der Waals surface area contributed by atoms with Gasteiger partial charge in [0, 0.05) is 0 Å². The van der Waals surface area contributed by atoms with Gasteiger partial charge in [-0.2, -0.15) is 0 Å². The van der Waals surface area contributed by atoms with E-state index in [1.54, 1.807) is 0 Å². The second-order valence-electron chi connectivity index (χ2n) is 1.46. The van der Waals surface area contributed by atoms with E-state index >= 15 is 0 Å². The van der Waals surface area contributed by atoms with Gasteiger partial charge in [0.05, 0.1) is 0 Å². The summed E-state index contributed by atoms with van der Waals surface area (Å²) in [6.07, 6.45) is 0. The van der Waals surface area contributed by atoms with E-state index in [1.165, 1.54) is 3.27 Å². The van der Waals surface area contributed by atoms with Gasteiger partial charge in [0.2, 0.25) is 0 Å². The topological polar surface area (TPSA) is 0 Å². The minimum atomic E-state index is -0.856. The molecule has 0 aliphatic heterocycles. The molecule has 1 rings (SSSR count). The molecule has 0 nitrogen and oxygen atoms in total. The van der Waals surface area contributed by atoms with Gasteiger partial charge in [0.25, 0.3) is 0 Å². The summed E-state index contributed by atoms with van der Waals surface area (Å²) in [5.41, 5.74) is 0. The monoisotopic (exact) mass is 322 g/mol. The van der Waals surface area contributed by atoms with E-state index in [0.717, 1.165) is 0 Å². The molecule has 0 aromatic heterocycles. The number of halogens is 1. The first-order chi connectivity index (χ1) is 3.93. The molecule has 42 valence electrons. The number of rotatable bonds is 1. The van der Waals surface area contributed by atoms with Gasteiger partial charge >= 0.3 is 64.2 Å². The van der Waals surface area contributed by atoms with Crippen LogP contribution in [0.1, 0.15) is 0 Å². The third-order valence-electron chi connectivity index (χ3n) is 0.883. The second-order valence-corrected chi connectivity index (χ2v) is 6.10. The first-order valence-electron chi connectivity index (χ1n) is 2.35. The van der Waals surface area contributed by atoms with Gasteiger partial charge in [-0.3, -0.25) is 0 Å². The number of benzene rings is 1. The summed E-state index contributed by atoms with van der Waals surface area (Å²) in [7, 11) is 5.72. The summed E-state index contributed by atoms with van der Waals surface area (Å²) in [5, 5.41) is 0. The predicted octanol–water partition coefficient (Wildman–Crippen LogP) is 0.902. The molecule has 0 radical (unpaired) electrons. The molecule has 0 aliphatic carbocycles. The zero-order chi connectivity index (χ0) is 5.82. The Morgan fingerprint density at radius 3 is 2.12 bits per heavy atom. The summed E-state index contributed by atoms with van der Waals surface area (Å²) in [6.45, 7) is 0. The molecule has 0 atom stereocenters. The van der Waals surface area contributed by atoms with Crippen molar-refractivity contribution in [2.24, 2.45) is 0 Å². The van der Waals surface area contributed by atoms with E-state index in [-0.39, 0.29) is 0 Å². The van der Waals surface area contributed by atoms with Crippen molar-refractivity contribution in [3.05, 3.63) is 30.3 Å². The summed E-state index contributed by atoms with van der Waals surface area (Å²) >= 11 is -0.856. The van der Waals surface area contributed by atoms with Crippen LogP contribution in [0.15, 0.2) is 30.3 Å². The standard InChI is InChI=1S/C6H5.Bi.ClH.H/c1-2-4-6-5-3-1;;;/h1-5H;;1H;/q;+1;;/p-1. The van der Waals surface area contributed by atoms with E-state index in [9.17, 15) is 0 Å². The summed E-state index contributed by atoms with van der Waals surface area (Å²) in [4.78, 5) is 0. The van der Waals surface area contributed by atoms with Gasteiger partial charge in [-0.15, -0.1) is 0 Å². The van der Waals surface area contributed by atoms with Crippen LogP contribution in [-0.2, 0) is 0 Å². The average molecular weight is 323 g/mol. The minimum absolute atomic E-state index is 0.856. The molecule has 0 heterocycles. The van der Waals surface area contributed by atoms with Crippen LogP contribution >= 0.6 is 8.51 Å². The fourth-order valence-corrected chi connectivity index (χ4v) is 2.84. The molecule has 0 bridgehead atoms. The van der Waals surface area contributed by atoms with E-state index in [1.807, 2.05) is 18.2 Å². The Hall–Kier alpha value is 0.393. The molecule has 0 amide bonds. The van der Waals surface area contributed by atoms with Crippen LogP contribution in [0.25, 0.3) is 0 Å². The second kappa shape index (κ2) is 3.42. The molecule has 0 aliphatic rings. The Labute approximate surface area is 64.0 Å². The first kappa shape index (κ1) is 6.51. The Balaban J connectivity index is 2.83. The molecule has 2 heteroatoms. The molecule has 0 unspecified atom stereocenters. The van der Waals surface area contributed by atoms with Crippen molar-refractivity contribution in [3.63, 3.8) is 0 Å². The molecule has 0 fully saturated rings. The van der Waals surface area contributed by atoms with Gasteiger partial charge in [0.15, 0.2) is 0 Å². The fraction of sp³-hybridized carbons (Fsp3) is 0. The summed E-state index contributed by atoms with van der Waals surface area (Å²) in [5.74, 6) is 0. The van der Waals surface area contributed by atoms with Gasteiger partial charge in [-0.05, 0) is 0 Å². The third-order valence-corrected chi connectivity index (χ3v) is 4.94. The predicted molar refractivity (Wildman–Crippen MR) is 39.1 cm³/mol. The normalized spacial score (nSPS) is 9.12. The molecule has 0 saturated heterocycles. The van der Waals surface area contributed by atoms with Gasteiger partial charge in [-0.25, -0.2) is 0 Å². The van der Waals surface area contributed by atoms with Gasteiger partial charge < -0.3 is 0 Å². The summed E-state index contributed by atoms with van der Waals surface area (Å²) < 4.78 is 1.37.